The maximum atomic E-state index is 15.1. The summed E-state index contributed by atoms with van der Waals surface area (Å²) in [6.45, 7) is 4.20. The molecule has 39 heavy (non-hydrogen) atoms. The second-order valence-corrected chi connectivity index (χ2v) is 11.8. The van der Waals surface area contributed by atoms with Crippen molar-refractivity contribution >= 4 is 33.2 Å². The van der Waals surface area contributed by atoms with Crippen LogP contribution in [0, 0.1) is 17.5 Å². The molecule has 6 nitrogen and oxygen atoms in total. The number of carbonyl (C=O) groups is 1. The standard InChI is InChI=1S/C28H29ClF3N3O3S/c1-19(25-10-6-22(30)17-20(25)3-12-28(36)34-15-13-33(2)14-16-34)35(27-18-23(31)7-11-26(27)32)39(37,38)24-8-4-21(29)5-9-24/h4-11,17-19H,3,12-16H2,1-2H3/t19-/m1/s1. The van der Waals surface area contributed by atoms with Gasteiger partial charge < -0.3 is 9.80 Å². The van der Waals surface area contributed by atoms with E-state index < -0.39 is 39.2 Å². The Morgan fingerprint density at radius 2 is 1.56 bits per heavy atom. The molecule has 208 valence electrons. The van der Waals surface area contributed by atoms with E-state index in [0.717, 1.165) is 35.6 Å². The lowest BCUT2D eigenvalue weighted by Crippen LogP contribution is -2.47. The molecule has 11 heteroatoms. The number of rotatable bonds is 8. The lowest BCUT2D eigenvalue weighted by atomic mass is 9.97. The van der Waals surface area contributed by atoms with Gasteiger partial charge in [0.15, 0.2) is 0 Å². The largest absolute Gasteiger partial charge is 0.340 e. The van der Waals surface area contributed by atoms with Gasteiger partial charge >= 0.3 is 0 Å². The van der Waals surface area contributed by atoms with Crippen LogP contribution in [-0.4, -0.2) is 57.4 Å². The van der Waals surface area contributed by atoms with E-state index in [1.807, 2.05) is 7.05 Å². The molecular weight excluding hydrogens is 551 g/mol. The fraction of sp³-hybridized carbons (Fsp3) is 0.321. The number of nitrogens with zero attached hydrogens (tertiary/aromatic N) is 3. The van der Waals surface area contributed by atoms with Gasteiger partial charge in [0.2, 0.25) is 5.91 Å². The molecule has 0 unspecified atom stereocenters. The number of benzene rings is 3. The summed E-state index contributed by atoms with van der Waals surface area (Å²) < 4.78 is 72.2. The molecule has 1 fully saturated rings. The molecule has 1 atom stereocenters. The Kier molecular flexibility index (Phi) is 8.88. The average Bonchev–Trinajstić information content (AvgIpc) is 2.90. The summed E-state index contributed by atoms with van der Waals surface area (Å²) in [6, 6.07) is 10.6. The van der Waals surface area contributed by atoms with Crippen LogP contribution in [0.2, 0.25) is 5.02 Å². The van der Waals surface area contributed by atoms with Crippen LogP contribution < -0.4 is 4.31 Å². The van der Waals surface area contributed by atoms with Gasteiger partial charge in [-0.25, -0.2) is 21.6 Å². The van der Waals surface area contributed by atoms with Crippen molar-refractivity contribution in [3.05, 3.63) is 94.3 Å². The smallest absolute Gasteiger partial charge is 0.264 e. The molecule has 1 aliphatic rings. The second-order valence-electron chi connectivity index (χ2n) is 9.55. The van der Waals surface area contributed by atoms with E-state index in [0.29, 0.717) is 29.2 Å². The monoisotopic (exact) mass is 579 g/mol. The van der Waals surface area contributed by atoms with Crippen LogP contribution in [0.25, 0.3) is 0 Å². The first-order valence-corrected chi connectivity index (χ1v) is 14.3. The van der Waals surface area contributed by atoms with Crippen LogP contribution in [0.5, 0.6) is 0 Å². The van der Waals surface area contributed by atoms with Crippen molar-refractivity contribution in [2.45, 2.75) is 30.7 Å². The number of halogens is 4. The van der Waals surface area contributed by atoms with Gasteiger partial charge in [-0.2, -0.15) is 0 Å². The van der Waals surface area contributed by atoms with E-state index in [2.05, 4.69) is 4.90 Å². The molecule has 0 saturated carbocycles. The van der Waals surface area contributed by atoms with Gasteiger partial charge in [-0.15, -0.1) is 0 Å². The molecule has 3 aromatic rings. The highest BCUT2D eigenvalue weighted by Crippen LogP contribution is 2.37. The Bertz CT molecular complexity index is 1450. The van der Waals surface area contributed by atoms with E-state index in [9.17, 15) is 22.0 Å². The molecule has 1 heterocycles. The maximum absolute atomic E-state index is 15.1. The summed E-state index contributed by atoms with van der Waals surface area (Å²) in [5.74, 6) is -2.42. The van der Waals surface area contributed by atoms with Crippen LogP contribution in [0.3, 0.4) is 0 Å². The normalized spacial score (nSPS) is 15.3. The molecule has 4 rings (SSSR count). The molecule has 0 N–H and O–H groups in total. The molecule has 1 aliphatic heterocycles. The fourth-order valence-electron chi connectivity index (χ4n) is 4.70. The minimum Gasteiger partial charge on any atom is -0.340 e. The summed E-state index contributed by atoms with van der Waals surface area (Å²) in [4.78, 5) is 16.5. The highest BCUT2D eigenvalue weighted by molar-refractivity contribution is 7.92. The van der Waals surface area contributed by atoms with E-state index in [4.69, 9.17) is 11.6 Å². The van der Waals surface area contributed by atoms with Crippen LogP contribution in [0.4, 0.5) is 18.9 Å². The molecular formula is C28H29ClF3N3O3S. The quantitative estimate of drug-likeness (QED) is 0.358. The maximum Gasteiger partial charge on any atom is 0.264 e. The van der Waals surface area contributed by atoms with Crippen molar-refractivity contribution in [1.29, 1.82) is 0 Å². The molecule has 0 aliphatic carbocycles. The Balaban J connectivity index is 1.72. The minimum atomic E-state index is -4.44. The van der Waals surface area contributed by atoms with Crippen LogP contribution >= 0.6 is 11.6 Å². The topological polar surface area (TPSA) is 60.9 Å². The van der Waals surface area contributed by atoms with Crippen LogP contribution in [-0.2, 0) is 21.2 Å². The van der Waals surface area contributed by atoms with Crippen molar-refractivity contribution in [1.82, 2.24) is 9.80 Å². The number of sulfonamides is 1. The third-order valence-electron chi connectivity index (χ3n) is 6.89. The summed E-state index contributed by atoms with van der Waals surface area (Å²) in [6.07, 6.45) is 0.230. The third kappa shape index (κ3) is 6.57. The van der Waals surface area contributed by atoms with Gasteiger partial charge in [-0.3, -0.25) is 9.10 Å². The van der Waals surface area contributed by atoms with Gasteiger partial charge in [0.1, 0.15) is 17.5 Å². The fourth-order valence-corrected chi connectivity index (χ4v) is 6.46. The van der Waals surface area contributed by atoms with E-state index >= 15 is 4.39 Å². The summed E-state index contributed by atoms with van der Waals surface area (Å²) in [5.41, 5.74) is 0.267. The van der Waals surface area contributed by atoms with E-state index in [1.54, 1.807) is 4.90 Å². The molecule has 0 bridgehead atoms. The lowest BCUT2D eigenvalue weighted by molar-refractivity contribution is -0.132. The zero-order chi connectivity index (χ0) is 28.3. The zero-order valence-corrected chi connectivity index (χ0v) is 23.2. The van der Waals surface area contributed by atoms with Gasteiger partial charge in [-0.05, 0) is 80.1 Å². The van der Waals surface area contributed by atoms with E-state index in [-0.39, 0.29) is 23.6 Å². The Morgan fingerprint density at radius 1 is 0.949 bits per heavy atom. The minimum absolute atomic E-state index is 0.0884. The van der Waals surface area contributed by atoms with Gasteiger partial charge in [0.25, 0.3) is 10.0 Å². The van der Waals surface area contributed by atoms with Crippen molar-refractivity contribution < 1.29 is 26.4 Å². The van der Waals surface area contributed by atoms with Crippen molar-refractivity contribution in [2.24, 2.45) is 0 Å². The highest BCUT2D eigenvalue weighted by atomic mass is 35.5. The molecule has 0 aromatic heterocycles. The number of anilines is 1. The van der Waals surface area contributed by atoms with Crippen molar-refractivity contribution in [3.8, 4) is 0 Å². The number of likely N-dealkylation sites (N-methyl/N-ethyl adjacent to an activating group) is 1. The number of amides is 1. The van der Waals surface area contributed by atoms with Crippen LogP contribution in [0.15, 0.2) is 65.6 Å². The number of aryl methyl sites for hydroxylation is 1. The SMILES string of the molecule is C[C@H](c1ccc(F)cc1CCC(=O)N1CCN(C)CC1)N(c1cc(F)ccc1F)S(=O)(=O)c1ccc(Cl)cc1. The van der Waals surface area contributed by atoms with Crippen LogP contribution in [0.1, 0.15) is 30.5 Å². The molecule has 0 spiro atoms. The second kappa shape index (κ2) is 12.0. The predicted octanol–water partition coefficient (Wildman–Crippen LogP) is 5.42. The first-order chi connectivity index (χ1) is 18.5. The van der Waals surface area contributed by atoms with Crippen molar-refractivity contribution in [3.63, 3.8) is 0 Å². The number of piperazine rings is 1. The number of carbonyl (C=O) groups excluding carboxylic acids is 1. The molecule has 0 radical (unpaired) electrons. The summed E-state index contributed by atoms with van der Waals surface area (Å²) in [5, 5.41) is 0.302. The Morgan fingerprint density at radius 3 is 2.23 bits per heavy atom. The average molecular weight is 580 g/mol. The molecule has 1 saturated heterocycles. The number of hydrogen-bond donors (Lipinski definition) is 0. The lowest BCUT2D eigenvalue weighted by Gasteiger charge is -2.33. The first-order valence-electron chi connectivity index (χ1n) is 12.5. The summed E-state index contributed by atoms with van der Waals surface area (Å²) >= 11 is 5.94. The first kappa shape index (κ1) is 28.9. The molecule has 1 amide bonds. The van der Waals surface area contributed by atoms with Gasteiger partial charge in [-0.1, -0.05) is 17.7 Å². The Labute approximate surface area is 231 Å². The zero-order valence-electron chi connectivity index (χ0n) is 21.6. The summed E-state index contributed by atoms with van der Waals surface area (Å²) in [7, 11) is -2.46. The third-order valence-corrected chi connectivity index (χ3v) is 9.04. The van der Waals surface area contributed by atoms with Gasteiger partial charge in [0, 0.05) is 43.7 Å². The van der Waals surface area contributed by atoms with E-state index in [1.165, 1.54) is 49.4 Å². The van der Waals surface area contributed by atoms with Crippen molar-refractivity contribution in [2.75, 3.05) is 37.5 Å². The Hall–Kier alpha value is -3.08. The predicted molar refractivity (Wildman–Crippen MR) is 145 cm³/mol. The van der Waals surface area contributed by atoms with Gasteiger partial charge in [0.05, 0.1) is 16.6 Å². The highest BCUT2D eigenvalue weighted by Gasteiger charge is 2.34. The number of hydrogen-bond acceptors (Lipinski definition) is 4. The molecule has 3 aromatic carbocycles.